The van der Waals surface area contributed by atoms with Crippen LogP contribution in [-0.2, 0) is 0 Å². The lowest BCUT2D eigenvalue weighted by Gasteiger charge is -2.07. The zero-order valence-electron chi connectivity index (χ0n) is 10.4. The van der Waals surface area contributed by atoms with Crippen LogP contribution >= 0.6 is 11.6 Å². The van der Waals surface area contributed by atoms with Crippen molar-refractivity contribution in [2.45, 2.75) is 0 Å². The number of hydrogen-bond acceptors (Lipinski definition) is 4. The van der Waals surface area contributed by atoms with Gasteiger partial charge in [0, 0.05) is 18.0 Å². The van der Waals surface area contributed by atoms with E-state index in [0.29, 0.717) is 16.3 Å². The molecule has 100 valence electrons. The number of carbonyl (C=O) groups excluding carboxylic acids is 1. The van der Waals surface area contributed by atoms with E-state index in [-0.39, 0.29) is 12.5 Å². The number of carbonyl (C=O) groups is 1. The summed E-state index contributed by atoms with van der Waals surface area (Å²) in [5, 5.41) is 3.12. The second kappa shape index (κ2) is 6.66. The average Bonchev–Trinajstić information content (AvgIpc) is 2.49. The minimum absolute atomic E-state index is 0.270. The van der Waals surface area contributed by atoms with Crippen LogP contribution in [0.25, 0.3) is 0 Å². The largest absolute Gasteiger partial charge is 0.320 e. The first-order valence-electron chi connectivity index (χ1n) is 5.75. The number of nitrogens with two attached hydrogens (primary N) is 1. The van der Waals surface area contributed by atoms with Crippen LogP contribution in [0.3, 0.4) is 0 Å². The Kier molecular flexibility index (Phi) is 4.66. The quantitative estimate of drug-likeness (QED) is 0.823. The molecule has 0 radical (unpaired) electrons. The van der Waals surface area contributed by atoms with Gasteiger partial charge in [-0.3, -0.25) is 4.79 Å². The molecule has 0 aliphatic rings. The molecule has 6 heteroatoms. The van der Waals surface area contributed by atoms with Gasteiger partial charge >= 0.3 is 0 Å². The van der Waals surface area contributed by atoms with E-state index in [9.17, 15) is 4.79 Å². The Morgan fingerprint density at radius 2 is 2.10 bits per heavy atom. The molecule has 0 fully saturated rings. The molecule has 3 N–H and O–H groups in total. The van der Waals surface area contributed by atoms with Crippen LogP contribution in [0.5, 0.6) is 0 Å². The molecule has 1 amide bonds. The van der Waals surface area contributed by atoms with Gasteiger partial charge < -0.3 is 11.1 Å². The zero-order valence-corrected chi connectivity index (χ0v) is 11.2. The van der Waals surface area contributed by atoms with Gasteiger partial charge in [-0.1, -0.05) is 23.4 Å². The number of anilines is 1. The Morgan fingerprint density at radius 1 is 1.35 bits per heavy atom. The van der Waals surface area contributed by atoms with E-state index >= 15 is 0 Å². The lowest BCUT2D eigenvalue weighted by Crippen LogP contribution is -2.12. The van der Waals surface area contributed by atoms with Gasteiger partial charge in [0.1, 0.15) is 6.33 Å². The monoisotopic (exact) mass is 286 g/mol. The van der Waals surface area contributed by atoms with Crippen molar-refractivity contribution >= 4 is 23.2 Å². The Morgan fingerprint density at radius 3 is 2.80 bits per heavy atom. The van der Waals surface area contributed by atoms with Crippen molar-refractivity contribution in [2.75, 3.05) is 11.9 Å². The molecule has 1 aromatic heterocycles. The van der Waals surface area contributed by atoms with Gasteiger partial charge in [0.15, 0.2) is 0 Å². The number of hydrogen-bond donors (Lipinski definition) is 2. The molecule has 0 saturated heterocycles. The fourth-order valence-electron chi connectivity index (χ4n) is 1.46. The summed E-state index contributed by atoms with van der Waals surface area (Å²) in [6.45, 7) is 0.270. The van der Waals surface area contributed by atoms with Gasteiger partial charge in [-0.05, 0) is 18.2 Å². The minimum atomic E-state index is -0.337. The standard InChI is InChI=1S/C14H11ClN4O/c15-12-4-3-10(2-1-5-16)6-13(12)19-14(20)11-7-17-9-18-8-11/h3-4,6-9H,5,16H2,(H,19,20). The zero-order chi connectivity index (χ0) is 14.4. The van der Waals surface area contributed by atoms with Crippen LogP contribution in [0, 0.1) is 11.8 Å². The van der Waals surface area contributed by atoms with E-state index in [1.54, 1.807) is 18.2 Å². The number of nitrogens with one attached hydrogen (secondary N) is 1. The normalized spacial score (nSPS) is 9.50. The number of halogens is 1. The number of aromatic nitrogens is 2. The Hall–Kier alpha value is -2.42. The number of amides is 1. The second-order valence-corrected chi connectivity index (χ2v) is 4.19. The first kappa shape index (κ1) is 14.0. The first-order valence-corrected chi connectivity index (χ1v) is 6.13. The van der Waals surface area contributed by atoms with Crippen molar-refractivity contribution in [3.63, 3.8) is 0 Å². The van der Waals surface area contributed by atoms with E-state index in [4.69, 9.17) is 17.3 Å². The van der Waals surface area contributed by atoms with Crippen LogP contribution in [0.4, 0.5) is 5.69 Å². The van der Waals surface area contributed by atoms with E-state index in [0.717, 1.165) is 5.56 Å². The molecule has 20 heavy (non-hydrogen) atoms. The van der Waals surface area contributed by atoms with Gasteiger partial charge in [0.2, 0.25) is 0 Å². The Labute approximate surface area is 121 Å². The highest BCUT2D eigenvalue weighted by Gasteiger charge is 2.09. The topological polar surface area (TPSA) is 80.9 Å². The molecule has 1 heterocycles. The fraction of sp³-hybridized carbons (Fsp3) is 0.0714. The van der Waals surface area contributed by atoms with Crippen molar-refractivity contribution < 1.29 is 4.79 Å². The van der Waals surface area contributed by atoms with Crippen molar-refractivity contribution in [1.82, 2.24) is 9.97 Å². The number of benzene rings is 1. The van der Waals surface area contributed by atoms with Crippen LogP contribution in [0.1, 0.15) is 15.9 Å². The van der Waals surface area contributed by atoms with Crippen molar-refractivity contribution in [3.05, 3.63) is 53.1 Å². The third-order valence-corrected chi connectivity index (χ3v) is 2.70. The third-order valence-electron chi connectivity index (χ3n) is 2.37. The summed E-state index contributed by atoms with van der Waals surface area (Å²) in [5.74, 6) is 5.28. The second-order valence-electron chi connectivity index (χ2n) is 3.78. The van der Waals surface area contributed by atoms with E-state index in [1.807, 2.05) is 0 Å². The van der Waals surface area contributed by atoms with Crippen LogP contribution in [-0.4, -0.2) is 22.4 Å². The molecule has 2 rings (SSSR count). The fourth-order valence-corrected chi connectivity index (χ4v) is 1.63. The van der Waals surface area contributed by atoms with Crippen molar-refractivity contribution in [2.24, 2.45) is 5.73 Å². The summed E-state index contributed by atoms with van der Waals surface area (Å²) in [4.78, 5) is 19.6. The highest BCUT2D eigenvalue weighted by Crippen LogP contribution is 2.23. The molecule has 0 aliphatic carbocycles. The lowest BCUT2D eigenvalue weighted by molar-refractivity contribution is 0.102. The molecular weight excluding hydrogens is 276 g/mol. The smallest absolute Gasteiger partial charge is 0.258 e. The van der Waals surface area contributed by atoms with Crippen molar-refractivity contribution in [3.8, 4) is 11.8 Å². The van der Waals surface area contributed by atoms with E-state index in [1.165, 1.54) is 18.7 Å². The SMILES string of the molecule is NCC#Cc1ccc(Cl)c(NC(=O)c2cncnc2)c1. The van der Waals surface area contributed by atoms with E-state index < -0.39 is 0 Å². The number of rotatable bonds is 2. The predicted molar refractivity (Wildman–Crippen MR) is 77.4 cm³/mol. The molecule has 0 unspecified atom stereocenters. The first-order chi connectivity index (χ1) is 9.70. The minimum Gasteiger partial charge on any atom is -0.320 e. The van der Waals surface area contributed by atoms with Gasteiger partial charge in [0.05, 0.1) is 22.8 Å². The molecule has 2 aromatic rings. The van der Waals surface area contributed by atoms with Crippen LogP contribution < -0.4 is 11.1 Å². The summed E-state index contributed by atoms with van der Waals surface area (Å²) in [6.07, 6.45) is 4.20. The molecular formula is C14H11ClN4O. The van der Waals surface area contributed by atoms with Crippen molar-refractivity contribution in [1.29, 1.82) is 0 Å². The number of nitrogens with zero attached hydrogens (tertiary/aromatic N) is 2. The molecule has 0 spiro atoms. The van der Waals surface area contributed by atoms with Gasteiger partial charge in [-0.2, -0.15) is 0 Å². The van der Waals surface area contributed by atoms with E-state index in [2.05, 4.69) is 27.1 Å². The maximum atomic E-state index is 12.0. The molecule has 1 aromatic carbocycles. The average molecular weight is 287 g/mol. The third kappa shape index (κ3) is 3.54. The predicted octanol–water partition coefficient (Wildman–Crippen LogP) is 1.69. The molecule has 0 aliphatic heterocycles. The maximum Gasteiger partial charge on any atom is 0.258 e. The van der Waals surface area contributed by atoms with Crippen LogP contribution in [0.15, 0.2) is 36.9 Å². The maximum absolute atomic E-state index is 12.0. The highest BCUT2D eigenvalue weighted by molar-refractivity contribution is 6.34. The molecule has 0 atom stereocenters. The van der Waals surface area contributed by atoms with Gasteiger partial charge in [0.25, 0.3) is 5.91 Å². The van der Waals surface area contributed by atoms with Gasteiger partial charge in [-0.15, -0.1) is 0 Å². The van der Waals surface area contributed by atoms with Gasteiger partial charge in [-0.25, -0.2) is 9.97 Å². The van der Waals surface area contributed by atoms with Crippen LogP contribution in [0.2, 0.25) is 5.02 Å². The highest BCUT2D eigenvalue weighted by atomic mass is 35.5. The summed E-state index contributed by atoms with van der Waals surface area (Å²) in [6, 6.07) is 5.11. The molecule has 0 saturated carbocycles. The summed E-state index contributed by atoms with van der Waals surface area (Å²) in [5.41, 5.74) is 6.86. The Bertz CT molecular complexity index is 677. The summed E-state index contributed by atoms with van der Waals surface area (Å²) in [7, 11) is 0. The summed E-state index contributed by atoms with van der Waals surface area (Å²) < 4.78 is 0. The molecule has 0 bridgehead atoms. The lowest BCUT2D eigenvalue weighted by atomic mass is 10.2. The summed E-state index contributed by atoms with van der Waals surface area (Å²) >= 11 is 6.04. The molecule has 5 nitrogen and oxygen atoms in total. The Balaban J connectivity index is 2.22.